The first-order valence-electron chi connectivity index (χ1n) is 4.42. The molecule has 1 aliphatic heterocycles. The van der Waals surface area contributed by atoms with Crippen molar-refractivity contribution in [3.63, 3.8) is 0 Å². The molecule has 0 atom stereocenters. The van der Waals surface area contributed by atoms with Crippen molar-refractivity contribution in [3.8, 4) is 0 Å². The molecule has 0 aromatic heterocycles. The molecule has 0 saturated heterocycles. The van der Waals surface area contributed by atoms with Crippen molar-refractivity contribution in [2.45, 2.75) is 24.7 Å². The van der Waals surface area contributed by atoms with E-state index in [9.17, 15) is 8.42 Å². The molecule has 0 fully saturated rings. The van der Waals surface area contributed by atoms with E-state index in [1.807, 2.05) is 25.1 Å². The van der Waals surface area contributed by atoms with Gasteiger partial charge in [-0.25, -0.2) is 8.42 Å². The molecule has 2 nitrogen and oxygen atoms in total. The summed E-state index contributed by atoms with van der Waals surface area (Å²) in [6.07, 6.45) is 1.66. The Morgan fingerprint density at radius 1 is 1.31 bits per heavy atom. The third-order valence-corrected chi connectivity index (χ3v) is 4.50. The van der Waals surface area contributed by atoms with Gasteiger partial charge in [-0.3, -0.25) is 0 Å². The van der Waals surface area contributed by atoms with Crippen molar-refractivity contribution in [3.05, 3.63) is 29.3 Å². The van der Waals surface area contributed by atoms with E-state index in [0.717, 1.165) is 24.0 Å². The molecule has 0 N–H and O–H groups in total. The number of benzene rings is 1. The Kier molecular flexibility index (Phi) is 1.91. The smallest absolute Gasteiger partial charge is 0.178 e. The topological polar surface area (TPSA) is 34.1 Å². The Hall–Kier alpha value is -0.830. The fourth-order valence-corrected chi connectivity index (χ4v) is 3.77. The first-order valence-corrected chi connectivity index (χ1v) is 6.08. The first-order chi connectivity index (χ1) is 6.11. The maximum Gasteiger partial charge on any atom is 0.178 e. The van der Waals surface area contributed by atoms with Crippen LogP contribution in [0.4, 0.5) is 0 Å². The quantitative estimate of drug-likeness (QED) is 0.633. The zero-order valence-electron chi connectivity index (χ0n) is 7.58. The summed E-state index contributed by atoms with van der Waals surface area (Å²) in [7, 11) is -2.97. The number of hydrogen-bond acceptors (Lipinski definition) is 2. The zero-order chi connectivity index (χ0) is 9.47. The van der Waals surface area contributed by atoms with Crippen LogP contribution in [0.2, 0.25) is 0 Å². The fraction of sp³-hybridized carbons (Fsp3) is 0.400. The summed E-state index contributed by atoms with van der Waals surface area (Å²) in [4.78, 5) is 0.584. The Morgan fingerprint density at radius 3 is 2.77 bits per heavy atom. The number of fused-ring (bicyclic) bond motifs is 1. The largest absolute Gasteiger partial charge is 0.224 e. The maximum atomic E-state index is 11.7. The molecule has 0 amide bonds. The minimum absolute atomic E-state index is 0.310. The van der Waals surface area contributed by atoms with Gasteiger partial charge in [0, 0.05) is 0 Å². The van der Waals surface area contributed by atoms with E-state index >= 15 is 0 Å². The van der Waals surface area contributed by atoms with Crippen LogP contribution >= 0.6 is 0 Å². The third-order valence-electron chi connectivity index (χ3n) is 2.46. The van der Waals surface area contributed by atoms with Crippen LogP contribution in [0.3, 0.4) is 0 Å². The van der Waals surface area contributed by atoms with E-state index in [4.69, 9.17) is 0 Å². The highest BCUT2D eigenvalue weighted by Crippen LogP contribution is 2.27. The molecule has 0 bridgehead atoms. The summed E-state index contributed by atoms with van der Waals surface area (Å²) in [5.41, 5.74) is 1.88. The molecular weight excluding hydrogens is 184 g/mol. The first kappa shape index (κ1) is 8.75. The number of hydrogen-bond donors (Lipinski definition) is 0. The highest BCUT2D eigenvalue weighted by Gasteiger charge is 2.24. The van der Waals surface area contributed by atoms with Gasteiger partial charge in [0.25, 0.3) is 0 Å². The van der Waals surface area contributed by atoms with Gasteiger partial charge >= 0.3 is 0 Å². The van der Waals surface area contributed by atoms with Crippen LogP contribution in [0, 0.1) is 6.92 Å². The molecule has 1 heterocycles. The maximum absolute atomic E-state index is 11.7. The number of aryl methyl sites for hydroxylation is 2. The second-order valence-electron chi connectivity index (χ2n) is 3.49. The summed E-state index contributed by atoms with van der Waals surface area (Å²) in [6.45, 7) is 1.86. The summed E-state index contributed by atoms with van der Waals surface area (Å²) in [5.74, 6) is 0.310. The molecule has 1 aliphatic rings. The molecule has 0 saturated carbocycles. The van der Waals surface area contributed by atoms with Gasteiger partial charge in [-0.05, 0) is 30.9 Å². The molecule has 1 aromatic rings. The number of rotatable bonds is 0. The predicted molar refractivity (Wildman–Crippen MR) is 51.6 cm³/mol. The van der Waals surface area contributed by atoms with Gasteiger partial charge in [-0.2, -0.15) is 0 Å². The second-order valence-corrected chi connectivity index (χ2v) is 5.53. The van der Waals surface area contributed by atoms with Gasteiger partial charge in [0.1, 0.15) is 0 Å². The molecule has 2 rings (SSSR count). The lowest BCUT2D eigenvalue weighted by atomic mass is 10.1. The Balaban J connectivity index is 2.75. The van der Waals surface area contributed by atoms with Gasteiger partial charge < -0.3 is 0 Å². The molecule has 70 valence electrons. The third kappa shape index (κ3) is 1.37. The van der Waals surface area contributed by atoms with E-state index in [1.165, 1.54) is 0 Å². The van der Waals surface area contributed by atoms with Crippen LogP contribution in [0.1, 0.15) is 17.5 Å². The average Bonchev–Trinajstić information content (AvgIpc) is 2.02. The van der Waals surface area contributed by atoms with Crippen molar-refractivity contribution in [2.24, 2.45) is 0 Å². The van der Waals surface area contributed by atoms with Crippen molar-refractivity contribution >= 4 is 9.84 Å². The summed E-state index contributed by atoms with van der Waals surface area (Å²) >= 11 is 0. The summed E-state index contributed by atoms with van der Waals surface area (Å²) in [6, 6.07) is 5.70. The van der Waals surface area contributed by atoms with Crippen molar-refractivity contribution in [2.75, 3.05) is 5.75 Å². The van der Waals surface area contributed by atoms with Crippen molar-refractivity contribution in [1.82, 2.24) is 0 Å². The van der Waals surface area contributed by atoms with Gasteiger partial charge in [0.05, 0.1) is 10.6 Å². The predicted octanol–water partition coefficient (Wildman–Crippen LogP) is 1.71. The Labute approximate surface area is 78.5 Å². The van der Waals surface area contributed by atoms with Crippen LogP contribution in [-0.4, -0.2) is 14.2 Å². The van der Waals surface area contributed by atoms with Gasteiger partial charge in [-0.1, -0.05) is 18.2 Å². The lowest BCUT2D eigenvalue weighted by molar-refractivity contribution is 0.585. The molecule has 0 aliphatic carbocycles. The minimum Gasteiger partial charge on any atom is -0.224 e. The highest BCUT2D eigenvalue weighted by molar-refractivity contribution is 7.91. The molecule has 13 heavy (non-hydrogen) atoms. The van der Waals surface area contributed by atoms with Crippen molar-refractivity contribution in [1.29, 1.82) is 0 Å². The monoisotopic (exact) mass is 196 g/mol. The molecule has 0 spiro atoms. The standard InChI is InChI=1S/C10H12O2S/c1-8-4-2-5-9-6-3-7-13(11,12)10(8)9/h2,4-5H,3,6-7H2,1H3. The van der Waals surface area contributed by atoms with E-state index in [1.54, 1.807) is 0 Å². The zero-order valence-corrected chi connectivity index (χ0v) is 8.39. The molecule has 0 unspecified atom stereocenters. The van der Waals surface area contributed by atoms with Crippen molar-refractivity contribution < 1.29 is 8.42 Å². The molecule has 3 heteroatoms. The van der Waals surface area contributed by atoms with E-state index in [0.29, 0.717) is 10.6 Å². The average molecular weight is 196 g/mol. The van der Waals surface area contributed by atoms with E-state index in [2.05, 4.69) is 0 Å². The summed E-state index contributed by atoms with van der Waals surface area (Å²) < 4.78 is 23.4. The summed E-state index contributed by atoms with van der Waals surface area (Å²) in [5, 5.41) is 0. The van der Waals surface area contributed by atoms with Crippen LogP contribution < -0.4 is 0 Å². The molecule has 0 radical (unpaired) electrons. The second kappa shape index (κ2) is 2.84. The lowest BCUT2D eigenvalue weighted by Gasteiger charge is -2.17. The lowest BCUT2D eigenvalue weighted by Crippen LogP contribution is -2.17. The van der Waals surface area contributed by atoms with E-state index < -0.39 is 9.84 Å². The van der Waals surface area contributed by atoms with Gasteiger partial charge in [0.15, 0.2) is 9.84 Å². The molecule has 1 aromatic carbocycles. The normalized spacial score (nSPS) is 19.5. The minimum atomic E-state index is -2.97. The Morgan fingerprint density at radius 2 is 2.08 bits per heavy atom. The molecular formula is C10H12O2S. The highest BCUT2D eigenvalue weighted by atomic mass is 32.2. The number of sulfone groups is 1. The van der Waals surface area contributed by atoms with Crippen LogP contribution in [0.15, 0.2) is 23.1 Å². The fourth-order valence-electron chi connectivity index (χ4n) is 1.91. The van der Waals surface area contributed by atoms with E-state index in [-0.39, 0.29) is 0 Å². The SMILES string of the molecule is Cc1cccc2c1S(=O)(=O)CCC2. The van der Waals surface area contributed by atoms with Crippen LogP contribution in [0.25, 0.3) is 0 Å². The van der Waals surface area contributed by atoms with Crippen LogP contribution in [0.5, 0.6) is 0 Å². The van der Waals surface area contributed by atoms with Gasteiger partial charge in [0.2, 0.25) is 0 Å². The van der Waals surface area contributed by atoms with Crippen LogP contribution in [-0.2, 0) is 16.3 Å². The van der Waals surface area contributed by atoms with Gasteiger partial charge in [-0.15, -0.1) is 0 Å². The Bertz CT molecular complexity index is 432.